The van der Waals surface area contributed by atoms with E-state index in [9.17, 15) is 19.5 Å². The Bertz CT molecular complexity index is 1300. The first-order valence-corrected chi connectivity index (χ1v) is 9.63. The number of aromatic hydroxyl groups is 1. The van der Waals surface area contributed by atoms with Gasteiger partial charge in [-0.3, -0.25) is 14.9 Å². The van der Waals surface area contributed by atoms with Crippen molar-refractivity contribution in [2.45, 2.75) is 0 Å². The molecule has 0 spiro atoms. The van der Waals surface area contributed by atoms with Crippen LogP contribution in [0, 0.1) is 0 Å². The van der Waals surface area contributed by atoms with Crippen LogP contribution >= 0.6 is 11.6 Å². The molecule has 4 aromatic rings. The number of amides is 3. The maximum Gasteiger partial charge on any atom is 0.335 e. The van der Waals surface area contributed by atoms with Crippen LogP contribution in [0.15, 0.2) is 78.9 Å². The second-order valence-corrected chi connectivity index (χ2v) is 7.08. The van der Waals surface area contributed by atoms with E-state index in [1.807, 2.05) is 0 Å². The van der Waals surface area contributed by atoms with Crippen molar-refractivity contribution in [3.05, 3.63) is 95.0 Å². The van der Waals surface area contributed by atoms with Gasteiger partial charge in [0.2, 0.25) is 5.88 Å². The lowest BCUT2D eigenvalue weighted by Gasteiger charge is -2.08. The third kappa shape index (κ3) is 3.99. The normalized spacial score (nSPS) is 10.6. The summed E-state index contributed by atoms with van der Waals surface area (Å²) in [6.45, 7) is 0. The highest BCUT2D eigenvalue weighted by molar-refractivity contribution is 6.31. The lowest BCUT2D eigenvalue weighted by Crippen LogP contribution is -2.33. The van der Waals surface area contributed by atoms with E-state index >= 15 is 0 Å². The van der Waals surface area contributed by atoms with Gasteiger partial charge in [0.1, 0.15) is 5.69 Å². The lowest BCUT2D eigenvalue weighted by atomic mass is 10.2. The van der Waals surface area contributed by atoms with Crippen LogP contribution in [0.1, 0.15) is 20.7 Å². The summed E-state index contributed by atoms with van der Waals surface area (Å²) in [6, 6.07) is 20.3. The van der Waals surface area contributed by atoms with E-state index in [0.717, 1.165) is 4.57 Å². The van der Waals surface area contributed by atoms with Gasteiger partial charge in [0, 0.05) is 21.5 Å². The van der Waals surface area contributed by atoms with E-state index < -0.39 is 23.7 Å². The highest BCUT2D eigenvalue weighted by atomic mass is 35.5. The highest BCUT2D eigenvalue weighted by Gasteiger charge is 2.24. The fourth-order valence-electron chi connectivity index (χ4n) is 3.17. The Morgan fingerprint density at radius 2 is 1.39 bits per heavy atom. The maximum atomic E-state index is 12.8. The fraction of sp³-hybridized carbons (Fsp3) is 0. The number of benzene rings is 3. The molecule has 0 aliphatic rings. The summed E-state index contributed by atoms with van der Waals surface area (Å²) < 4.78 is 0.910. The molecule has 0 aliphatic heterocycles. The molecule has 0 fully saturated rings. The first-order chi connectivity index (χ1) is 15.0. The number of halogens is 1. The molecule has 1 aromatic heterocycles. The number of rotatable bonds is 3. The van der Waals surface area contributed by atoms with Crippen LogP contribution in [0.4, 0.5) is 10.5 Å². The Hall–Kier alpha value is -4.10. The Labute approximate surface area is 181 Å². The molecule has 0 atom stereocenters. The smallest absolute Gasteiger partial charge is 0.335 e. The molecular formula is C23H16ClN3O4. The van der Waals surface area contributed by atoms with Gasteiger partial charge in [-0.1, -0.05) is 48.0 Å². The van der Waals surface area contributed by atoms with Crippen LogP contribution in [0.5, 0.6) is 5.88 Å². The summed E-state index contributed by atoms with van der Waals surface area (Å²) in [5.74, 6) is -1.63. The van der Waals surface area contributed by atoms with E-state index in [4.69, 9.17) is 11.6 Å². The SMILES string of the molecule is O=C(NC(=O)n1c(O)c(NC(=O)c2ccccc2)c2cc(Cl)ccc21)c1ccccc1. The van der Waals surface area contributed by atoms with Gasteiger partial charge in [0.15, 0.2) is 0 Å². The molecule has 3 N–H and O–H groups in total. The number of hydrogen-bond donors (Lipinski definition) is 3. The molecule has 0 saturated heterocycles. The summed E-state index contributed by atoms with van der Waals surface area (Å²) in [7, 11) is 0. The predicted octanol–water partition coefficient (Wildman–Crippen LogP) is 4.65. The van der Waals surface area contributed by atoms with Crippen molar-refractivity contribution in [1.82, 2.24) is 9.88 Å². The summed E-state index contributed by atoms with van der Waals surface area (Å²) in [4.78, 5) is 37.8. The molecule has 7 nitrogen and oxygen atoms in total. The van der Waals surface area contributed by atoms with Crippen molar-refractivity contribution < 1.29 is 19.5 Å². The van der Waals surface area contributed by atoms with E-state index in [2.05, 4.69) is 10.6 Å². The molecule has 4 rings (SSSR count). The van der Waals surface area contributed by atoms with Gasteiger partial charge in [-0.15, -0.1) is 0 Å². The molecule has 1 heterocycles. The zero-order valence-electron chi connectivity index (χ0n) is 16.0. The summed E-state index contributed by atoms with van der Waals surface area (Å²) in [6.07, 6.45) is 0. The molecule has 0 unspecified atom stereocenters. The second kappa shape index (κ2) is 8.33. The Morgan fingerprint density at radius 1 is 0.806 bits per heavy atom. The number of nitrogens with one attached hydrogen (secondary N) is 2. The lowest BCUT2D eigenvalue weighted by molar-refractivity contribution is 0.0962. The van der Waals surface area contributed by atoms with Crippen LogP contribution < -0.4 is 10.6 Å². The van der Waals surface area contributed by atoms with E-state index in [1.54, 1.807) is 60.7 Å². The predicted molar refractivity (Wildman–Crippen MR) is 118 cm³/mol. The molecule has 3 amide bonds. The third-order valence-corrected chi connectivity index (χ3v) is 4.87. The highest BCUT2D eigenvalue weighted by Crippen LogP contribution is 2.37. The molecule has 154 valence electrons. The summed E-state index contributed by atoms with van der Waals surface area (Å²) in [5.41, 5.74) is 0.929. The van der Waals surface area contributed by atoms with Gasteiger partial charge < -0.3 is 10.4 Å². The van der Waals surface area contributed by atoms with Gasteiger partial charge in [0.05, 0.1) is 5.52 Å². The first kappa shape index (κ1) is 20.2. The molecular weight excluding hydrogens is 418 g/mol. The third-order valence-electron chi connectivity index (χ3n) is 4.64. The molecule has 0 bridgehead atoms. The molecule has 0 radical (unpaired) electrons. The van der Waals surface area contributed by atoms with Crippen molar-refractivity contribution in [2.75, 3.05) is 5.32 Å². The van der Waals surface area contributed by atoms with Gasteiger partial charge in [-0.2, -0.15) is 0 Å². The number of aromatic nitrogens is 1. The molecule has 8 heteroatoms. The van der Waals surface area contributed by atoms with Crippen molar-refractivity contribution in [3.8, 4) is 5.88 Å². The number of carbonyl (C=O) groups is 3. The number of nitrogens with zero attached hydrogens (tertiary/aromatic N) is 1. The van der Waals surface area contributed by atoms with Crippen LogP contribution in [0.3, 0.4) is 0 Å². The minimum Gasteiger partial charge on any atom is -0.493 e. The summed E-state index contributed by atoms with van der Waals surface area (Å²) in [5, 5.41) is 16.3. The van der Waals surface area contributed by atoms with Crippen molar-refractivity contribution in [2.24, 2.45) is 0 Å². The Balaban J connectivity index is 1.72. The number of hydrogen-bond acceptors (Lipinski definition) is 4. The minimum absolute atomic E-state index is 0.00802. The minimum atomic E-state index is -0.876. The topological polar surface area (TPSA) is 100 Å². The monoisotopic (exact) mass is 433 g/mol. The largest absolute Gasteiger partial charge is 0.493 e. The van der Waals surface area contributed by atoms with Crippen LogP contribution in [-0.2, 0) is 0 Å². The molecule has 31 heavy (non-hydrogen) atoms. The van der Waals surface area contributed by atoms with E-state index in [-0.39, 0.29) is 16.8 Å². The zero-order valence-corrected chi connectivity index (χ0v) is 16.8. The second-order valence-electron chi connectivity index (χ2n) is 6.64. The summed E-state index contributed by atoms with van der Waals surface area (Å²) >= 11 is 6.09. The average molecular weight is 434 g/mol. The number of anilines is 1. The molecule has 3 aromatic carbocycles. The van der Waals surface area contributed by atoms with E-state index in [0.29, 0.717) is 16.0 Å². The number of fused-ring (bicyclic) bond motifs is 1. The molecule has 0 aliphatic carbocycles. The van der Waals surface area contributed by atoms with Gasteiger partial charge in [-0.25, -0.2) is 9.36 Å². The number of imide groups is 1. The van der Waals surface area contributed by atoms with Crippen LogP contribution in [0.2, 0.25) is 5.02 Å². The van der Waals surface area contributed by atoms with Gasteiger partial charge in [-0.05, 0) is 42.5 Å². The van der Waals surface area contributed by atoms with Gasteiger partial charge in [0.25, 0.3) is 11.8 Å². The Kier molecular flexibility index (Phi) is 5.43. The molecule has 0 saturated carbocycles. The zero-order chi connectivity index (χ0) is 22.0. The van der Waals surface area contributed by atoms with Crippen molar-refractivity contribution in [1.29, 1.82) is 0 Å². The average Bonchev–Trinajstić information content (AvgIpc) is 3.05. The Morgan fingerprint density at radius 3 is 2.00 bits per heavy atom. The van der Waals surface area contributed by atoms with E-state index in [1.165, 1.54) is 18.2 Å². The van der Waals surface area contributed by atoms with Crippen molar-refractivity contribution >= 4 is 46.0 Å². The fourth-order valence-corrected chi connectivity index (χ4v) is 3.34. The first-order valence-electron chi connectivity index (χ1n) is 9.26. The maximum absolute atomic E-state index is 12.8. The van der Waals surface area contributed by atoms with Crippen LogP contribution in [0.25, 0.3) is 10.9 Å². The van der Waals surface area contributed by atoms with Crippen LogP contribution in [-0.4, -0.2) is 27.5 Å². The van der Waals surface area contributed by atoms with Gasteiger partial charge >= 0.3 is 6.03 Å². The van der Waals surface area contributed by atoms with Crippen molar-refractivity contribution in [3.63, 3.8) is 0 Å². The standard InChI is InChI=1S/C23H16ClN3O4/c24-16-11-12-18-17(13-16)19(25-20(28)14-7-3-1-4-8-14)22(30)27(18)23(31)26-21(29)15-9-5-2-6-10-15/h1-13,30H,(H,25,28)(H,26,29,31). The quantitative estimate of drug-likeness (QED) is 0.437. The number of carbonyl (C=O) groups excluding carboxylic acids is 3.